The molecule has 17 heavy (non-hydrogen) atoms. The van der Waals surface area contributed by atoms with E-state index in [0.717, 1.165) is 26.4 Å². The first-order chi connectivity index (χ1) is 8.24. The third-order valence-electron chi connectivity index (χ3n) is 2.20. The fraction of sp³-hybridized carbons (Fsp3) is 0.500. The van der Waals surface area contributed by atoms with E-state index in [-0.39, 0.29) is 0 Å². The van der Waals surface area contributed by atoms with Crippen LogP contribution in [0.4, 0.5) is 0 Å². The first-order valence-corrected chi connectivity index (χ1v) is 6.21. The Labute approximate surface area is 111 Å². The van der Waals surface area contributed by atoms with Crippen molar-refractivity contribution in [2.75, 3.05) is 26.4 Å². The molecule has 0 saturated carbocycles. The van der Waals surface area contributed by atoms with Gasteiger partial charge < -0.3 is 14.2 Å². The minimum Gasteiger partial charge on any atom is -0.376 e. The summed E-state index contributed by atoms with van der Waals surface area (Å²) in [5.74, 6) is 0. The number of epoxide rings is 2. The number of ether oxygens (including phenoxy) is 3. The Balaban J connectivity index is 0.000000128. The Morgan fingerprint density at radius 1 is 1.06 bits per heavy atom. The van der Waals surface area contributed by atoms with E-state index in [2.05, 4.69) is 0 Å². The average Bonchev–Trinajstić information content (AvgIpc) is 3.13. The summed E-state index contributed by atoms with van der Waals surface area (Å²) in [6.45, 7) is 3.26. The normalized spacial score (nSPS) is 24.8. The molecule has 0 amide bonds. The van der Waals surface area contributed by atoms with Gasteiger partial charge in [-0.3, -0.25) is 0 Å². The molecule has 0 aliphatic carbocycles. The van der Waals surface area contributed by atoms with Gasteiger partial charge in [0.25, 0.3) is 0 Å². The quantitative estimate of drug-likeness (QED) is 0.794. The van der Waals surface area contributed by atoms with Crippen LogP contribution >= 0.6 is 23.2 Å². The van der Waals surface area contributed by atoms with E-state index >= 15 is 0 Å². The maximum Gasteiger partial charge on any atom is 0.104 e. The van der Waals surface area contributed by atoms with Crippen molar-refractivity contribution in [1.82, 2.24) is 0 Å². The van der Waals surface area contributed by atoms with E-state index < -0.39 is 0 Å². The van der Waals surface area contributed by atoms with Crippen LogP contribution in [0.3, 0.4) is 0 Å². The molecule has 2 heterocycles. The third kappa shape index (κ3) is 6.24. The van der Waals surface area contributed by atoms with Crippen molar-refractivity contribution in [3.8, 4) is 0 Å². The highest BCUT2D eigenvalue weighted by atomic mass is 35.5. The maximum atomic E-state index is 5.56. The molecule has 0 radical (unpaired) electrons. The molecular formula is C12H14Cl2O3. The lowest BCUT2D eigenvalue weighted by Crippen LogP contribution is -2.06. The fourth-order valence-electron chi connectivity index (χ4n) is 1.12. The minimum absolute atomic E-state index is 0.392. The number of hydrogen-bond donors (Lipinski definition) is 0. The van der Waals surface area contributed by atoms with Gasteiger partial charge in [0.15, 0.2) is 0 Å². The second kappa shape index (κ2) is 6.57. The molecule has 3 rings (SSSR count). The van der Waals surface area contributed by atoms with Gasteiger partial charge in [-0.15, -0.1) is 0 Å². The number of benzene rings is 1. The van der Waals surface area contributed by atoms with E-state index in [0.29, 0.717) is 22.3 Å². The van der Waals surface area contributed by atoms with Crippen LogP contribution in [0.2, 0.25) is 10.0 Å². The zero-order valence-electron chi connectivity index (χ0n) is 9.27. The van der Waals surface area contributed by atoms with E-state index in [1.165, 1.54) is 0 Å². The summed E-state index contributed by atoms with van der Waals surface area (Å²) in [7, 11) is 0. The Hall–Kier alpha value is -0.320. The monoisotopic (exact) mass is 276 g/mol. The summed E-state index contributed by atoms with van der Waals surface area (Å²) in [5, 5.41) is 1.36. The molecule has 3 nitrogen and oxygen atoms in total. The van der Waals surface area contributed by atoms with Crippen LogP contribution in [0.5, 0.6) is 0 Å². The van der Waals surface area contributed by atoms with Gasteiger partial charge in [-0.05, 0) is 18.2 Å². The Morgan fingerprint density at radius 3 is 1.82 bits per heavy atom. The van der Waals surface area contributed by atoms with Gasteiger partial charge in [0.2, 0.25) is 0 Å². The smallest absolute Gasteiger partial charge is 0.104 e. The average molecular weight is 277 g/mol. The molecule has 5 heteroatoms. The van der Waals surface area contributed by atoms with Crippen LogP contribution in [0.15, 0.2) is 24.3 Å². The van der Waals surface area contributed by atoms with Crippen LogP contribution in [-0.2, 0) is 14.2 Å². The van der Waals surface area contributed by atoms with Gasteiger partial charge in [0.1, 0.15) is 12.2 Å². The molecule has 0 bridgehead atoms. The second-order valence-electron chi connectivity index (χ2n) is 3.89. The van der Waals surface area contributed by atoms with Gasteiger partial charge in [0.05, 0.1) is 26.4 Å². The molecule has 0 N–H and O–H groups in total. The second-order valence-corrected chi connectivity index (χ2v) is 4.76. The maximum absolute atomic E-state index is 5.56. The number of hydrogen-bond acceptors (Lipinski definition) is 3. The first-order valence-electron chi connectivity index (χ1n) is 5.46. The standard InChI is InChI=1S/C6H4Cl2.C6H10O3/c7-5-2-1-3-6(8)4-5;1(5-3-8-5)7-2-6-4-9-6/h1-4H;5-6H,1-4H2. The van der Waals surface area contributed by atoms with Crippen molar-refractivity contribution in [3.63, 3.8) is 0 Å². The lowest BCUT2D eigenvalue weighted by molar-refractivity contribution is 0.102. The molecule has 0 aromatic heterocycles. The van der Waals surface area contributed by atoms with E-state index in [1.807, 2.05) is 6.07 Å². The van der Waals surface area contributed by atoms with Gasteiger partial charge in [-0.25, -0.2) is 0 Å². The highest BCUT2D eigenvalue weighted by Gasteiger charge is 2.26. The van der Waals surface area contributed by atoms with Gasteiger partial charge in [-0.2, -0.15) is 0 Å². The SMILES string of the molecule is C(OCC1CO1)C1CO1.Clc1cccc(Cl)c1. The summed E-state index contributed by atoms with van der Waals surface area (Å²) in [6.07, 6.45) is 0.785. The van der Waals surface area contributed by atoms with Gasteiger partial charge >= 0.3 is 0 Å². The van der Waals surface area contributed by atoms with Crippen molar-refractivity contribution in [3.05, 3.63) is 34.3 Å². The first kappa shape index (κ1) is 13.1. The molecule has 1 aromatic rings. The molecule has 2 unspecified atom stereocenters. The molecule has 2 atom stereocenters. The lowest BCUT2D eigenvalue weighted by Gasteiger charge is -1.95. The van der Waals surface area contributed by atoms with E-state index in [4.69, 9.17) is 37.4 Å². The molecule has 2 saturated heterocycles. The molecule has 94 valence electrons. The number of rotatable bonds is 4. The van der Waals surface area contributed by atoms with Crippen LogP contribution in [0.1, 0.15) is 0 Å². The zero-order chi connectivity index (χ0) is 12.1. The fourth-order valence-corrected chi connectivity index (χ4v) is 1.56. The predicted molar refractivity (Wildman–Crippen MR) is 66.8 cm³/mol. The van der Waals surface area contributed by atoms with E-state index in [9.17, 15) is 0 Å². The van der Waals surface area contributed by atoms with Crippen LogP contribution in [0, 0.1) is 0 Å². The summed E-state index contributed by atoms with van der Waals surface area (Å²) < 4.78 is 15.1. The summed E-state index contributed by atoms with van der Waals surface area (Å²) in [6, 6.07) is 7.08. The van der Waals surface area contributed by atoms with Crippen molar-refractivity contribution >= 4 is 23.2 Å². The summed E-state index contributed by atoms with van der Waals surface area (Å²) >= 11 is 11.1. The third-order valence-corrected chi connectivity index (χ3v) is 2.67. The Bertz CT molecular complexity index is 322. The molecular weight excluding hydrogens is 263 g/mol. The molecule has 1 aromatic carbocycles. The van der Waals surface area contributed by atoms with Crippen molar-refractivity contribution < 1.29 is 14.2 Å². The number of halogens is 2. The highest BCUT2D eigenvalue weighted by Crippen LogP contribution is 2.14. The van der Waals surface area contributed by atoms with Crippen LogP contribution in [-0.4, -0.2) is 38.6 Å². The molecule has 2 aliphatic rings. The summed E-state index contributed by atoms with van der Waals surface area (Å²) in [5.41, 5.74) is 0. The van der Waals surface area contributed by atoms with Gasteiger partial charge in [0, 0.05) is 10.0 Å². The minimum atomic E-state index is 0.392. The molecule has 2 fully saturated rings. The largest absolute Gasteiger partial charge is 0.376 e. The summed E-state index contributed by atoms with van der Waals surface area (Å²) in [4.78, 5) is 0. The Kier molecular flexibility index (Phi) is 5.07. The van der Waals surface area contributed by atoms with Crippen LogP contribution in [0.25, 0.3) is 0 Å². The van der Waals surface area contributed by atoms with Gasteiger partial charge in [-0.1, -0.05) is 29.3 Å². The molecule has 0 spiro atoms. The lowest BCUT2D eigenvalue weighted by atomic mass is 10.4. The topological polar surface area (TPSA) is 34.3 Å². The zero-order valence-corrected chi connectivity index (χ0v) is 10.8. The predicted octanol–water partition coefficient (Wildman–Crippen LogP) is 2.79. The van der Waals surface area contributed by atoms with Crippen molar-refractivity contribution in [1.29, 1.82) is 0 Å². The van der Waals surface area contributed by atoms with Crippen LogP contribution < -0.4 is 0 Å². The van der Waals surface area contributed by atoms with Crippen molar-refractivity contribution in [2.45, 2.75) is 12.2 Å². The van der Waals surface area contributed by atoms with Crippen molar-refractivity contribution in [2.24, 2.45) is 0 Å². The highest BCUT2D eigenvalue weighted by molar-refractivity contribution is 6.34. The van der Waals surface area contributed by atoms with E-state index in [1.54, 1.807) is 18.2 Å². The Morgan fingerprint density at radius 2 is 1.53 bits per heavy atom. The molecule has 2 aliphatic heterocycles.